The Morgan fingerprint density at radius 2 is 1.35 bits per heavy atom. The zero-order chi connectivity index (χ0) is 24.6. The second kappa shape index (κ2) is 11.5. The number of carbonyl (C=O) groups is 2. The number of rotatable bonds is 10. The smallest absolute Gasteiger partial charge is 0.341 e. The van der Waals surface area contributed by atoms with Gasteiger partial charge in [0.05, 0.1) is 10.5 Å². The van der Waals surface area contributed by atoms with Gasteiger partial charge < -0.3 is 10.1 Å². The van der Waals surface area contributed by atoms with Crippen LogP contribution in [0.3, 0.4) is 0 Å². The van der Waals surface area contributed by atoms with Gasteiger partial charge in [0.1, 0.15) is 0 Å². The molecule has 6 nitrogen and oxygen atoms in total. The number of benzene rings is 3. The molecule has 0 aromatic heterocycles. The van der Waals surface area contributed by atoms with Crippen LogP contribution in [-0.2, 0) is 19.4 Å². The number of esters is 1. The van der Waals surface area contributed by atoms with Gasteiger partial charge in [-0.05, 0) is 41.8 Å². The Balaban J connectivity index is 1.51. The summed E-state index contributed by atoms with van der Waals surface area (Å²) in [4.78, 5) is 23.6. The molecule has 3 aromatic carbocycles. The predicted molar refractivity (Wildman–Crippen MR) is 122 cm³/mol. The number of sulfone groups is 1. The van der Waals surface area contributed by atoms with E-state index in [0.29, 0.717) is 13.0 Å². The summed E-state index contributed by atoms with van der Waals surface area (Å²) in [7, 11) is -4.75. The highest BCUT2D eigenvalue weighted by molar-refractivity contribution is 7.91. The highest BCUT2D eigenvalue weighted by atomic mass is 32.2. The largest absolute Gasteiger partial charge is 0.452 e. The molecule has 3 rings (SSSR count). The van der Waals surface area contributed by atoms with Crippen LogP contribution in [0.1, 0.15) is 33.8 Å². The molecule has 0 saturated carbocycles. The van der Waals surface area contributed by atoms with Crippen molar-refractivity contribution in [2.45, 2.75) is 23.0 Å². The van der Waals surface area contributed by atoms with Crippen LogP contribution in [-0.4, -0.2) is 39.2 Å². The second-order valence-electron chi connectivity index (χ2n) is 7.42. The zero-order valence-corrected chi connectivity index (χ0v) is 18.9. The SMILES string of the molecule is O=C(COC(=O)c1ccc(S(=O)(=O)C(F)F)cc1)NCCC(c1ccccc1)c1ccccc1. The van der Waals surface area contributed by atoms with Gasteiger partial charge in [0, 0.05) is 12.5 Å². The first-order valence-corrected chi connectivity index (χ1v) is 12.0. The maximum absolute atomic E-state index is 12.6. The lowest BCUT2D eigenvalue weighted by Crippen LogP contribution is -2.30. The average Bonchev–Trinajstić information content (AvgIpc) is 2.86. The summed E-state index contributed by atoms with van der Waals surface area (Å²) >= 11 is 0. The molecular weight excluding hydrogens is 464 g/mol. The van der Waals surface area contributed by atoms with Gasteiger partial charge in [0.2, 0.25) is 9.84 Å². The molecule has 0 spiro atoms. The average molecular weight is 488 g/mol. The molecule has 3 aromatic rings. The Morgan fingerprint density at radius 1 is 0.824 bits per heavy atom. The number of halogens is 2. The molecule has 1 N–H and O–H groups in total. The molecule has 0 aliphatic heterocycles. The van der Waals surface area contributed by atoms with E-state index in [1.165, 1.54) is 0 Å². The molecule has 9 heteroatoms. The number of nitrogens with one attached hydrogen (secondary N) is 1. The minimum absolute atomic E-state index is 0.0609. The molecule has 178 valence electrons. The first-order chi connectivity index (χ1) is 16.3. The van der Waals surface area contributed by atoms with Crippen LogP contribution >= 0.6 is 0 Å². The molecule has 0 unspecified atom stereocenters. The van der Waals surface area contributed by atoms with Crippen LogP contribution in [0.2, 0.25) is 0 Å². The highest BCUT2D eigenvalue weighted by Gasteiger charge is 2.26. The molecule has 34 heavy (non-hydrogen) atoms. The van der Waals surface area contributed by atoms with Crippen molar-refractivity contribution in [3.8, 4) is 0 Å². The zero-order valence-electron chi connectivity index (χ0n) is 18.1. The van der Waals surface area contributed by atoms with E-state index in [0.717, 1.165) is 35.4 Å². The fourth-order valence-corrected chi connectivity index (χ4v) is 4.12. The Morgan fingerprint density at radius 3 is 1.85 bits per heavy atom. The van der Waals surface area contributed by atoms with Crippen LogP contribution < -0.4 is 5.32 Å². The molecule has 0 bridgehead atoms. The number of hydrogen-bond acceptors (Lipinski definition) is 5. The normalized spacial score (nSPS) is 11.4. The number of hydrogen-bond donors (Lipinski definition) is 1. The van der Waals surface area contributed by atoms with E-state index in [4.69, 9.17) is 4.74 Å². The lowest BCUT2D eigenvalue weighted by Gasteiger charge is -2.18. The molecule has 0 radical (unpaired) electrons. The van der Waals surface area contributed by atoms with Crippen LogP contribution in [0.15, 0.2) is 89.8 Å². The van der Waals surface area contributed by atoms with Gasteiger partial charge in [-0.2, -0.15) is 8.78 Å². The number of alkyl halides is 2. The number of carbonyl (C=O) groups excluding carboxylic acids is 2. The molecule has 0 saturated heterocycles. The van der Waals surface area contributed by atoms with Gasteiger partial charge in [0.25, 0.3) is 5.91 Å². The van der Waals surface area contributed by atoms with Crippen molar-refractivity contribution in [2.75, 3.05) is 13.2 Å². The Labute approximate surface area is 196 Å². The van der Waals surface area contributed by atoms with Gasteiger partial charge in [-0.3, -0.25) is 4.79 Å². The summed E-state index contributed by atoms with van der Waals surface area (Å²) < 4.78 is 53.0. The summed E-state index contributed by atoms with van der Waals surface area (Å²) in [5.74, 6) is -4.85. The fourth-order valence-electron chi connectivity index (χ4n) is 3.40. The molecule has 1 amide bonds. The van der Waals surface area contributed by atoms with Gasteiger partial charge in [-0.15, -0.1) is 0 Å². The van der Waals surface area contributed by atoms with Crippen molar-refractivity contribution in [2.24, 2.45) is 0 Å². The van der Waals surface area contributed by atoms with Crippen LogP contribution in [0.4, 0.5) is 8.78 Å². The maximum Gasteiger partial charge on any atom is 0.341 e. The lowest BCUT2D eigenvalue weighted by atomic mass is 9.88. The Bertz CT molecular complexity index is 1160. The van der Waals surface area contributed by atoms with Crippen molar-refractivity contribution < 1.29 is 31.5 Å². The summed E-state index contributed by atoms with van der Waals surface area (Å²) in [6.45, 7) is -0.178. The van der Waals surface area contributed by atoms with Crippen LogP contribution in [0.5, 0.6) is 0 Å². The van der Waals surface area contributed by atoms with Crippen molar-refractivity contribution in [3.63, 3.8) is 0 Å². The van der Waals surface area contributed by atoms with Gasteiger partial charge >= 0.3 is 11.7 Å². The van der Waals surface area contributed by atoms with Crippen LogP contribution in [0.25, 0.3) is 0 Å². The molecule has 0 aliphatic rings. The Hall–Kier alpha value is -3.59. The van der Waals surface area contributed by atoms with E-state index in [-0.39, 0.29) is 11.5 Å². The van der Waals surface area contributed by atoms with Crippen molar-refractivity contribution in [1.29, 1.82) is 0 Å². The third-order valence-electron chi connectivity index (χ3n) is 5.15. The van der Waals surface area contributed by atoms with Crippen molar-refractivity contribution in [3.05, 3.63) is 102 Å². The topological polar surface area (TPSA) is 89.5 Å². The van der Waals surface area contributed by atoms with Crippen LogP contribution in [0, 0.1) is 0 Å². The number of ether oxygens (including phenoxy) is 1. The summed E-state index contributed by atoms with van der Waals surface area (Å²) in [6, 6.07) is 23.7. The van der Waals surface area contributed by atoms with Gasteiger partial charge in [-0.1, -0.05) is 60.7 Å². The van der Waals surface area contributed by atoms with E-state index in [1.54, 1.807) is 0 Å². The van der Waals surface area contributed by atoms with Gasteiger partial charge in [0.15, 0.2) is 6.61 Å². The van der Waals surface area contributed by atoms with E-state index in [2.05, 4.69) is 5.32 Å². The monoisotopic (exact) mass is 487 g/mol. The lowest BCUT2D eigenvalue weighted by molar-refractivity contribution is -0.124. The first-order valence-electron chi connectivity index (χ1n) is 10.4. The van der Waals surface area contributed by atoms with E-state index in [9.17, 15) is 26.8 Å². The summed E-state index contributed by atoms with van der Waals surface area (Å²) in [6.07, 6.45) is 0.633. The van der Waals surface area contributed by atoms with E-state index < -0.39 is 39.0 Å². The highest BCUT2D eigenvalue weighted by Crippen LogP contribution is 2.27. The molecule has 0 atom stereocenters. The second-order valence-corrected chi connectivity index (χ2v) is 9.34. The predicted octanol–water partition coefficient (Wildman–Crippen LogP) is 4.18. The molecule has 0 fully saturated rings. The minimum atomic E-state index is -4.75. The molecule has 0 heterocycles. The van der Waals surface area contributed by atoms with Gasteiger partial charge in [-0.25, -0.2) is 13.2 Å². The third kappa shape index (κ3) is 6.48. The first kappa shape index (κ1) is 25.0. The maximum atomic E-state index is 12.6. The quantitative estimate of drug-likeness (QED) is 0.434. The standard InChI is InChI=1S/C25H23F2NO5S/c26-25(27)34(31,32)21-13-11-20(12-14-21)24(30)33-17-23(29)28-16-15-22(18-7-3-1-4-8-18)19-9-5-2-6-10-19/h1-14,22,25H,15-17H2,(H,28,29). The van der Waals surface area contributed by atoms with E-state index >= 15 is 0 Å². The van der Waals surface area contributed by atoms with E-state index in [1.807, 2.05) is 60.7 Å². The van der Waals surface area contributed by atoms with Crippen molar-refractivity contribution >= 4 is 21.7 Å². The van der Waals surface area contributed by atoms with Crippen molar-refractivity contribution in [1.82, 2.24) is 5.32 Å². The Kier molecular flexibility index (Phi) is 8.48. The fraction of sp³-hybridized carbons (Fsp3) is 0.200. The number of amides is 1. The molecular formula is C25H23F2NO5S. The minimum Gasteiger partial charge on any atom is -0.452 e. The third-order valence-corrected chi connectivity index (χ3v) is 6.54. The summed E-state index contributed by atoms with van der Waals surface area (Å²) in [5.41, 5.74) is 2.17. The molecule has 0 aliphatic carbocycles. The summed E-state index contributed by atoms with van der Waals surface area (Å²) in [5, 5.41) is 2.72.